The zero-order chi connectivity index (χ0) is 12.5. The number of hydrogen-bond acceptors (Lipinski definition) is 3. The van der Waals surface area contributed by atoms with Crippen LogP contribution >= 0.6 is 0 Å². The van der Waals surface area contributed by atoms with Crippen LogP contribution in [0.15, 0.2) is 31.0 Å². The highest BCUT2D eigenvalue weighted by atomic mass is 16.1. The maximum Gasteiger partial charge on any atom is 0.251 e. The summed E-state index contributed by atoms with van der Waals surface area (Å²) in [5.74, 6) is 0.635. The van der Waals surface area contributed by atoms with E-state index >= 15 is 0 Å². The van der Waals surface area contributed by atoms with Crippen molar-refractivity contribution in [3.63, 3.8) is 0 Å². The van der Waals surface area contributed by atoms with Crippen LogP contribution in [0.25, 0.3) is 0 Å². The first-order chi connectivity index (χ1) is 8.27. The van der Waals surface area contributed by atoms with Gasteiger partial charge in [-0.3, -0.25) is 4.79 Å². The van der Waals surface area contributed by atoms with Gasteiger partial charge in [0, 0.05) is 24.8 Å². The number of rotatable bonds is 7. The summed E-state index contributed by atoms with van der Waals surface area (Å²) in [6.45, 7) is 7.05. The SMILES string of the molecule is C=CCNc1cc(C(=O)NCCCC)ccn1. The minimum Gasteiger partial charge on any atom is -0.367 e. The Labute approximate surface area is 102 Å². The van der Waals surface area contributed by atoms with Gasteiger partial charge in [0.1, 0.15) is 5.82 Å². The van der Waals surface area contributed by atoms with Crippen LogP contribution in [-0.4, -0.2) is 24.0 Å². The van der Waals surface area contributed by atoms with Crippen LogP contribution < -0.4 is 10.6 Å². The molecule has 4 nitrogen and oxygen atoms in total. The minimum atomic E-state index is -0.0532. The summed E-state index contributed by atoms with van der Waals surface area (Å²) in [6, 6.07) is 3.45. The summed E-state index contributed by atoms with van der Waals surface area (Å²) in [6.07, 6.45) is 5.44. The first kappa shape index (κ1) is 13.2. The number of nitrogens with zero attached hydrogens (tertiary/aromatic N) is 1. The van der Waals surface area contributed by atoms with E-state index in [0.29, 0.717) is 24.5 Å². The summed E-state index contributed by atoms with van der Waals surface area (Å²) in [5, 5.41) is 5.92. The number of amides is 1. The third-order valence-corrected chi connectivity index (χ3v) is 2.27. The molecule has 4 heteroatoms. The predicted molar refractivity (Wildman–Crippen MR) is 70.2 cm³/mol. The summed E-state index contributed by atoms with van der Waals surface area (Å²) in [4.78, 5) is 15.9. The highest BCUT2D eigenvalue weighted by molar-refractivity contribution is 5.94. The Morgan fingerprint density at radius 2 is 2.41 bits per heavy atom. The van der Waals surface area contributed by atoms with E-state index in [1.165, 1.54) is 0 Å². The molecule has 0 aromatic carbocycles. The third-order valence-electron chi connectivity index (χ3n) is 2.27. The van der Waals surface area contributed by atoms with Crippen molar-refractivity contribution in [1.29, 1.82) is 0 Å². The quantitative estimate of drug-likeness (QED) is 0.561. The third kappa shape index (κ3) is 4.68. The summed E-state index contributed by atoms with van der Waals surface area (Å²) < 4.78 is 0. The molecular formula is C13H19N3O. The van der Waals surface area contributed by atoms with Crippen molar-refractivity contribution in [2.24, 2.45) is 0 Å². The fourth-order valence-corrected chi connectivity index (χ4v) is 1.33. The molecule has 1 amide bonds. The average Bonchev–Trinajstić information content (AvgIpc) is 2.37. The first-order valence-corrected chi connectivity index (χ1v) is 5.87. The first-order valence-electron chi connectivity index (χ1n) is 5.87. The number of nitrogens with one attached hydrogen (secondary N) is 2. The molecule has 17 heavy (non-hydrogen) atoms. The van der Waals surface area contributed by atoms with Gasteiger partial charge < -0.3 is 10.6 Å². The van der Waals surface area contributed by atoms with Crippen LogP contribution in [0.5, 0.6) is 0 Å². The van der Waals surface area contributed by atoms with Crippen LogP contribution in [-0.2, 0) is 0 Å². The van der Waals surface area contributed by atoms with Crippen molar-refractivity contribution in [2.45, 2.75) is 19.8 Å². The lowest BCUT2D eigenvalue weighted by atomic mass is 10.2. The molecular weight excluding hydrogens is 214 g/mol. The molecule has 2 N–H and O–H groups in total. The maximum absolute atomic E-state index is 11.8. The molecule has 1 aromatic heterocycles. The number of pyridine rings is 1. The van der Waals surface area contributed by atoms with Gasteiger partial charge in [0.25, 0.3) is 5.91 Å². The van der Waals surface area contributed by atoms with Crippen LogP contribution in [0.4, 0.5) is 5.82 Å². The molecule has 0 spiro atoms. The number of carbonyl (C=O) groups is 1. The molecule has 0 radical (unpaired) electrons. The Kier molecular flexibility index (Phi) is 5.79. The molecule has 0 aliphatic heterocycles. The van der Waals surface area contributed by atoms with Crippen molar-refractivity contribution in [3.05, 3.63) is 36.5 Å². The molecule has 0 aliphatic rings. The standard InChI is InChI=1S/C13H19N3O/c1-3-5-8-16-13(17)11-6-9-15-12(10-11)14-7-4-2/h4,6,9-10H,2-3,5,7-8H2,1H3,(H,14,15)(H,16,17). The molecule has 0 aliphatic carbocycles. The smallest absolute Gasteiger partial charge is 0.251 e. The van der Waals surface area contributed by atoms with Crippen molar-refractivity contribution in [2.75, 3.05) is 18.4 Å². The molecule has 0 saturated heterocycles. The van der Waals surface area contributed by atoms with Gasteiger partial charge >= 0.3 is 0 Å². The van der Waals surface area contributed by atoms with Crippen LogP contribution in [0, 0.1) is 0 Å². The van der Waals surface area contributed by atoms with Gasteiger partial charge in [0.05, 0.1) is 0 Å². The molecule has 0 saturated carbocycles. The lowest BCUT2D eigenvalue weighted by Gasteiger charge is -2.06. The van der Waals surface area contributed by atoms with E-state index < -0.39 is 0 Å². The predicted octanol–water partition coefficient (Wildman–Crippen LogP) is 2.21. The van der Waals surface area contributed by atoms with Gasteiger partial charge in [0.2, 0.25) is 0 Å². The number of anilines is 1. The molecule has 0 unspecified atom stereocenters. The van der Waals surface area contributed by atoms with Crippen molar-refractivity contribution >= 4 is 11.7 Å². The van der Waals surface area contributed by atoms with Crippen LogP contribution in [0.1, 0.15) is 30.1 Å². The van der Waals surface area contributed by atoms with Crippen molar-refractivity contribution in [3.8, 4) is 0 Å². The largest absolute Gasteiger partial charge is 0.367 e. The van der Waals surface area contributed by atoms with E-state index in [9.17, 15) is 4.79 Å². The molecule has 0 atom stereocenters. The van der Waals surface area contributed by atoms with E-state index in [1.807, 2.05) is 0 Å². The zero-order valence-electron chi connectivity index (χ0n) is 10.2. The second-order valence-corrected chi connectivity index (χ2v) is 3.71. The molecule has 92 valence electrons. The molecule has 0 bridgehead atoms. The summed E-state index contributed by atoms with van der Waals surface area (Å²) >= 11 is 0. The second kappa shape index (κ2) is 7.44. The number of carbonyl (C=O) groups excluding carboxylic acids is 1. The lowest BCUT2D eigenvalue weighted by Crippen LogP contribution is -2.24. The van der Waals surface area contributed by atoms with Crippen LogP contribution in [0.3, 0.4) is 0 Å². The highest BCUT2D eigenvalue weighted by Crippen LogP contribution is 2.06. The van der Waals surface area contributed by atoms with Gasteiger partial charge in [-0.25, -0.2) is 4.98 Å². The van der Waals surface area contributed by atoms with Crippen molar-refractivity contribution < 1.29 is 4.79 Å². The fraction of sp³-hybridized carbons (Fsp3) is 0.385. The summed E-state index contributed by atoms with van der Waals surface area (Å²) in [5.41, 5.74) is 0.627. The lowest BCUT2D eigenvalue weighted by molar-refractivity contribution is 0.0953. The molecule has 0 fully saturated rings. The maximum atomic E-state index is 11.8. The second-order valence-electron chi connectivity index (χ2n) is 3.71. The Balaban J connectivity index is 2.57. The van der Waals surface area contributed by atoms with Crippen molar-refractivity contribution in [1.82, 2.24) is 10.3 Å². The van der Waals surface area contributed by atoms with Gasteiger partial charge in [0.15, 0.2) is 0 Å². The Morgan fingerprint density at radius 1 is 1.59 bits per heavy atom. The fourth-order valence-electron chi connectivity index (χ4n) is 1.33. The average molecular weight is 233 g/mol. The number of hydrogen-bond donors (Lipinski definition) is 2. The molecule has 1 heterocycles. The minimum absolute atomic E-state index is 0.0532. The van der Waals surface area contributed by atoms with E-state index in [4.69, 9.17) is 0 Å². The van der Waals surface area contributed by atoms with Gasteiger partial charge in [-0.05, 0) is 18.6 Å². The number of unbranched alkanes of at least 4 members (excludes halogenated alkanes) is 1. The van der Waals surface area contributed by atoms with E-state index in [2.05, 4.69) is 29.1 Å². The summed E-state index contributed by atoms with van der Waals surface area (Å²) in [7, 11) is 0. The topological polar surface area (TPSA) is 54.0 Å². The van der Waals surface area contributed by atoms with E-state index in [0.717, 1.165) is 12.8 Å². The monoisotopic (exact) mass is 233 g/mol. The Morgan fingerprint density at radius 3 is 3.12 bits per heavy atom. The molecule has 1 rings (SSSR count). The Hall–Kier alpha value is -1.84. The zero-order valence-corrected chi connectivity index (χ0v) is 10.2. The van der Waals surface area contributed by atoms with Crippen LogP contribution in [0.2, 0.25) is 0 Å². The highest BCUT2D eigenvalue weighted by Gasteiger charge is 2.05. The number of aromatic nitrogens is 1. The Bertz CT molecular complexity index is 377. The molecule has 1 aromatic rings. The van der Waals surface area contributed by atoms with Gasteiger partial charge in [-0.15, -0.1) is 6.58 Å². The normalized spacial score (nSPS) is 9.71. The van der Waals surface area contributed by atoms with E-state index in [-0.39, 0.29) is 5.91 Å². The van der Waals surface area contributed by atoms with E-state index in [1.54, 1.807) is 24.4 Å². The van der Waals surface area contributed by atoms with Gasteiger partial charge in [-0.2, -0.15) is 0 Å². The van der Waals surface area contributed by atoms with Gasteiger partial charge in [-0.1, -0.05) is 19.4 Å².